The highest BCUT2D eigenvalue weighted by molar-refractivity contribution is 5.90. The summed E-state index contributed by atoms with van der Waals surface area (Å²) in [6.07, 6.45) is 6.01. The van der Waals surface area contributed by atoms with E-state index in [2.05, 4.69) is 17.5 Å². The number of alkyl carbamates (subject to hydrolysis) is 1. The second-order valence-electron chi connectivity index (χ2n) is 9.01. The summed E-state index contributed by atoms with van der Waals surface area (Å²) in [6.45, 7) is 0.0826. The van der Waals surface area contributed by atoms with E-state index in [0.717, 1.165) is 40.5 Å². The van der Waals surface area contributed by atoms with Crippen molar-refractivity contribution < 1.29 is 33.3 Å². The van der Waals surface area contributed by atoms with Crippen LogP contribution in [0.5, 0.6) is 5.75 Å². The van der Waals surface area contributed by atoms with Crippen LogP contribution in [0, 0.1) is 0 Å². The largest absolute Gasteiger partial charge is 0.496 e. The summed E-state index contributed by atoms with van der Waals surface area (Å²) in [7, 11) is 4.50. The number of rotatable bonds is 3. The Morgan fingerprint density at radius 3 is 2.69 bits per heavy atom. The molecule has 9 heteroatoms. The maximum atomic E-state index is 13.1. The maximum absolute atomic E-state index is 13.1. The van der Waals surface area contributed by atoms with Crippen LogP contribution in [-0.4, -0.2) is 69.9 Å². The predicted octanol–water partition coefficient (Wildman–Crippen LogP) is 3.39. The number of carbonyl (C=O) groups is 3. The van der Waals surface area contributed by atoms with E-state index in [1.165, 1.54) is 12.0 Å². The van der Waals surface area contributed by atoms with E-state index in [1.807, 2.05) is 30.3 Å². The molecule has 0 aromatic heterocycles. The number of nitrogens with zero attached hydrogens (tertiary/aromatic N) is 1. The van der Waals surface area contributed by atoms with Crippen LogP contribution in [0.2, 0.25) is 0 Å². The highest BCUT2D eigenvalue weighted by Crippen LogP contribution is 2.41. The van der Waals surface area contributed by atoms with Gasteiger partial charge in [0.05, 0.1) is 27.4 Å². The molecule has 2 amide bonds. The van der Waals surface area contributed by atoms with E-state index in [9.17, 15) is 14.4 Å². The first-order valence-corrected chi connectivity index (χ1v) is 12.0. The van der Waals surface area contributed by atoms with Crippen LogP contribution in [0.1, 0.15) is 36.8 Å². The molecule has 1 fully saturated rings. The van der Waals surface area contributed by atoms with Crippen molar-refractivity contribution >= 4 is 34.8 Å². The number of benzene rings is 2. The van der Waals surface area contributed by atoms with Gasteiger partial charge >= 0.3 is 12.1 Å². The average molecular weight is 497 g/mol. The van der Waals surface area contributed by atoms with Gasteiger partial charge in [0.15, 0.2) is 0 Å². The second kappa shape index (κ2) is 11.0. The lowest BCUT2D eigenvalue weighted by Crippen LogP contribution is -2.46. The first kappa shape index (κ1) is 25.5. The zero-order valence-corrected chi connectivity index (χ0v) is 20.9. The van der Waals surface area contributed by atoms with Gasteiger partial charge in [-0.3, -0.25) is 4.79 Å². The number of carbonyl (C=O) groups excluding carboxylic acids is 3. The van der Waals surface area contributed by atoms with E-state index in [0.29, 0.717) is 6.42 Å². The number of fused-ring (bicyclic) bond motifs is 5. The highest BCUT2D eigenvalue weighted by atomic mass is 16.5. The third-order valence-electron chi connectivity index (χ3n) is 6.90. The molecule has 2 heterocycles. The number of hydrogen-bond acceptors (Lipinski definition) is 7. The highest BCUT2D eigenvalue weighted by Gasteiger charge is 2.50. The van der Waals surface area contributed by atoms with Crippen LogP contribution in [0.3, 0.4) is 0 Å². The minimum absolute atomic E-state index is 0.132. The fraction of sp³-hybridized carbons (Fsp3) is 0.444. The molecule has 2 aromatic carbocycles. The molecule has 0 unspecified atom stereocenters. The van der Waals surface area contributed by atoms with Crippen molar-refractivity contribution in [3.63, 3.8) is 0 Å². The normalized spacial score (nSPS) is 23.1. The first-order chi connectivity index (χ1) is 17.4. The Morgan fingerprint density at radius 2 is 1.94 bits per heavy atom. The molecule has 2 aliphatic rings. The van der Waals surface area contributed by atoms with Gasteiger partial charge in [-0.05, 0) is 53.8 Å². The van der Waals surface area contributed by atoms with Gasteiger partial charge in [0, 0.05) is 19.1 Å². The van der Waals surface area contributed by atoms with Crippen molar-refractivity contribution in [1.29, 1.82) is 0 Å². The SMILES string of the molecule is COC(=O)[C@@H]1C[C@]2(OC)CN1C(=O)CNC(=O)OCCCCC=Cc1cc3cc2ccc3cc1OC. The molecule has 192 valence electrons. The van der Waals surface area contributed by atoms with E-state index in [-0.39, 0.29) is 26.1 Å². The van der Waals surface area contributed by atoms with E-state index in [1.54, 1.807) is 14.2 Å². The molecule has 2 aromatic rings. The second-order valence-corrected chi connectivity index (χ2v) is 9.01. The lowest BCUT2D eigenvalue weighted by molar-refractivity contribution is -0.150. The Hall–Kier alpha value is -3.59. The van der Waals surface area contributed by atoms with Crippen LogP contribution in [-0.2, 0) is 29.4 Å². The van der Waals surface area contributed by atoms with Gasteiger partial charge in [0.1, 0.15) is 23.9 Å². The summed E-state index contributed by atoms with van der Waals surface area (Å²) in [5, 5.41) is 4.48. The molecule has 1 N–H and O–H groups in total. The van der Waals surface area contributed by atoms with Gasteiger partial charge in [-0.2, -0.15) is 0 Å². The van der Waals surface area contributed by atoms with Crippen LogP contribution < -0.4 is 10.1 Å². The van der Waals surface area contributed by atoms with Crippen molar-refractivity contribution in [2.24, 2.45) is 0 Å². The van der Waals surface area contributed by atoms with Gasteiger partial charge < -0.3 is 29.2 Å². The minimum atomic E-state index is -0.929. The summed E-state index contributed by atoms with van der Waals surface area (Å²) in [6, 6.07) is 9.17. The molecule has 9 nitrogen and oxygen atoms in total. The Morgan fingerprint density at radius 1 is 1.11 bits per heavy atom. The van der Waals surface area contributed by atoms with Crippen LogP contribution in [0.25, 0.3) is 16.8 Å². The molecule has 0 radical (unpaired) electrons. The first-order valence-electron chi connectivity index (χ1n) is 12.0. The molecule has 4 rings (SSSR count). The number of nitrogens with one attached hydrogen (secondary N) is 1. The van der Waals surface area contributed by atoms with Crippen LogP contribution >= 0.6 is 0 Å². The molecule has 36 heavy (non-hydrogen) atoms. The van der Waals surface area contributed by atoms with Gasteiger partial charge in [0.25, 0.3) is 0 Å². The van der Waals surface area contributed by atoms with Crippen molar-refractivity contribution in [2.75, 3.05) is 41.0 Å². The van der Waals surface area contributed by atoms with Crippen molar-refractivity contribution in [1.82, 2.24) is 10.2 Å². The summed E-state index contributed by atoms with van der Waals surface area (Å²) < 4.78 is 21.8. The number of allylic oxidation sites excluding steroid dienone is 1. The Bertz CT molecular complexity index is 1180. The molecular formula is C27H32N2O7. The Kier molecular flexibility index (Phi) is 7.79. The zero-order chi connectivity index (χ0) is 25.7. The molecule has 1 saturated heterocycles. The summed E-state index contributed by atoms with van der Waals surface area (Å²) in [4.78, 5) is 39.2. The van der Waals surface area contributed by atoms with Gasteiger partial charge in [-0.15, -0.1) is 0 Å². The van der Waals surface area contributed by atoms with Gasteiger partial charge in [-0.1, -0.05) is 24.3 Å². The lowest BCUT2D eigenvalue weighted by Gasteiger charge is -2.29. The quantitative estimate of drug-likeness (QED) is 0.650. The molecule has 5 bridgehead atoms. The Labute approximate surface area is 210 Å². The minimum Gasteiger partial charge on any atom is -0.496 e. The van der Waals surface area contributed by atoms with Gasteiger partial charge in [0.2, 0.25) is 5.91 Å². The molecule has 2 atom stereocenters. The molecule has 0 saturated carbocycles. The number of hydrogen-bond donors (Lipinski definition) is 1. The number of amides is 2. The smallest absolute Gasteiger partial charge is 0.407 e. The van der Waals surface area contributed by atoms with Crippen LogP contribution in [0.15, 0.2) is 36.4 Å². The average Bonchev–Trinajstić information content (AvgIpc) is 3.31. The third-order valence-corrected chi connectivity index (χ3v) is 6.90. The molecular weight excluding hydrogens is 464 g/mol. The van der Waals surface area contributed by atoms with E-state index in [4.69, 9.17) is 18.9 Å². The number of esters is 1. The summed E-state index contributed by atoms with van der Waals surface area (Å²) in [5.74, 6) is -0.191. The predicted molar refractivity (Wildman–Crippen MR) is 134 cm³/mol. The molecule has 0 spiro atoms. The number of ether oxygens (including phenoxy) is 4. The van der Waals surface area contributed by atoms with Crippen molar-refractivity contribution in [2.45, 2.75) is 37.3 Å². The number of cyclic esters (lactones) is 1. The number of methoxy groups -OCH3 is 3. The zero-order valence-electron chi connectivity index (χ0n) is 20.9. The van der Waals surface area contributed by atoms with E-state index < -0.39 is 29.6 Å². The van der Waals surface area contributed by atoms with Crippen LogP contribution in [0.4, 0.5) is 4.79 Å². The summed E-state index contributed by atoms with van der Waals surface area (Å²) >= 11 is 0. The Balaban J connectivity index is 1.78. The van der Waals surface area contributed by atoms with Gasteiger partial charge in [-0.25, -0.2) is 9.59 Å². The topological polar surface area (TPSA) is 103 Å². The van der Waals surface area contributed by atoms with E-state index >= 15 is 0 Å². The fourth-order valence-corrected chi connectivity index (χ4v) is 4.88. The van der Waals surface area contributed by atoms with Crippen molar-refractivity contribution in [3.05, 3.63) is 47.5 Å². The monoisotopic (exact) mass is 496 g/mol. The standard InChI is InChI=1S/C27H32N2O7/c1-33-23-14-18-9-10-21-13-20(18)12-19(23)8-6-4-5-7-11-36-26(32)28-16-24(30)29-17-27(21,35-3)15-22(29)25(31)34-2/h6,8-10,12-14,22H,4-5,7,11,15-17H2,1-3H3,(H,28,32)/t22-,27-/m0/s1. The summed E-state index contributed by atoms with van der Waals surface area (Å²) in [5.41, 5.74) is 0.854. The third kappa shape index (κ3) is 5.16. The maximum Gasteiger partial charge on any atom is 0.407 e. The van der Waals surface area contributed by atoms with Crippen molar-refractivity contribution in [3.8, 4) is 5.75 Å². The molecule has 2 aliphatic heterocycles. The fourth-order valence-electron chi connectivity index (χ4n) is 4.88. The lowest BCUT2D eigenvalue weighted by atomic mass is 9.89. The molecule has 0 aliphatic carbocycles.